The summed E-state index contributed by atoms with van der Waals surface area (Å²) in [6, 6.07) is 3.16. The van der Waals surface area contributed by atoms with Gasteiger partial charge in [0.05, 0.1) is 0 Å². The average Bonchev–Trinajstić information content (AvgIpc) is 2.52. The van der Waals surface area contributed by atoms with Crippen LogP contribution in [-0.4, -0.2) is 22.7 Å². The number of Topliss-reactive ketones (excluding diaryl/α,β-unsaturated/α-hetero) is 1. The van der Waals surface area contributed by atoms with Crippen molar-refractivity contribution in [1.82, 2.24) is 15.8 Å². The molecule has 24 heavy (non-hydrogen) atoms. The molecular formula is C19H27N3O2. The third-order valence-corrected chi connectivity index (χ3v) is 4.68. The molecule has 2 N–H and O–H groups in total. The predicted octanol–water partition coefficient (Wildman–Crippen LogP) is 2.90. The minimum Gasteiger partial charge on any atom is -0.299 e. The smallest absolute Gasteiger partial charge is 0.265 e. The van der Waals surface area contributed by atoms with Gasteiger partial charge in [0.15, 0.2) is 0 Å². The summed E-state index contributed by atoms with van der Waals surface area (Å²) in [6.07, 6.45) is 8.77. The molecule has 0 saturated carbocycles. The first-order valence-electron chi connectivity index (χ1n) is 8.46. The fourth-order valence-corrected chi connectivity index (χ4v) is 3.51. The molecule has 130 valence electrons. The fraction of sp³-hybridized carbons (Fsp3) is 0.526. The van der Waals surface area contributed by atoms with Crippen molar-refractivity contribution in [1.29, 1.82) is 0 Å². The Labute approximate surface area is 143 Å². The molecule has 2 rings (SSSR count). The number of rotatable bonds is 6. The van der Waals surface area contributed by atoms with Gasteiger partial charge in [0, 0.05) is 36.3 Å². The number of hydrogen-bond acceptors (Lipinski definition) is 4. The van der Waals surface area contributed by atoms with E-state index in [1.165, 1.54) is 0 Å². The Hall–Kier alpha value is -2.01. The van der Waals surface area contributed by atoms with E-state index in [2.05, 4.69) is 48.8 Å². The maximum Gasteiger partial charge on any atom is 0.265 e. The largest absolute Gasteiger partial charge is 0.299 e. The van der Waals surface area contributed by atoms with E-state index in [4.69, 9.17) is 0 Å². The second kappa shape index (κ2) is 7.71. The summed E-state index contributed by atoms with van der Waals surface area (Å²) in [5, 5.41) is 0. The summed E-state index contributed by atoms with van der Waals surface area (Å²) in [4.78, 5) is 28.6. The lowest BCUT2D eigenvalue weighted by Gasteiger charge is -2.39. The molecule has 5 nitrogen and oxygen atoms in total. The van der Waals surface area contributed by atoms with Gasteiger partial charge in [-0.05, 0) is 36.8 Å². The van der Waals surface area contributed by atoms with Crippen molar-refractivity contribution in [2.75, 3.05) is 0 Å². The van der Waals surface area contributed by atoms with Gasteiger partial charge in [0.1, 0.15) is 5.78 Å². The molecule has 0 spiro atoms. The van der Waals surface area contributed by atoms with Gasteiger partial charge in [0.25, 0.3) is 5.91 Å². The van der Waals surface area contributed by atoms with Gasteiger partial charge in [-0.3, -0.25) is 20.0 Å². The molecule has 1 amide bonds. The van der Waals surface area contributed by atoms with Gasteiger partial charge >= 0.3 is 0 Å². The van der Waals surface area contributed by atoms with Gasteiger partial charge in [-0.15, -0.1) is 0 Å². The van der Waals surface area contributed by atoms with Gasteiger partial charge in [0.2, 0.25) is 0 Å². The van der Waals surface area contributed by atoms with E-state index < -0.39 is 0 Å². The average molecular weight is 329 g/mol. The quantitative estimate of drug-likeness (QED) is 0.622. The summed E-state index contributed by atoms with van der Waals surface area (Å²) < 4.78 is 0. The van der Waals surface area contributed by atoms with Gasteiger partial charge in [-0.2, -0.15) is 0 Å². The molecule has 0 aromatic carbocycles. The third-order valence-electron chi connectivity index (χ3n) is 4.68. The highest BCUT2D eigenvalue weighted by Crippen LogP contribution is 2.41. The molecule has 1 aromatic rings. The highest BCUT2D eigenvalue weighted by molar-refractivity contribution is 5.93. The number of nitrogens with one attached hydrogen (secondary N) is 2. The first-order valence-corrected chi connectivity index (χ1v) is 8.46. The van der Waals surface area contributed by atoms with Crippen LogP contribution in [0.3, 0.4) is 0 Å². The van der Waals surface area contributed by atoms with Crippen molar-refractivity contribution in [3.63, 3.8) is 0 Å². The van der Waals surface area contributed by atoms with Crippen molar-refractivity contribution in [2.24, 2.45) is 17.3 Å². The number of carbonyl (C=O) groups is 2. The van der Waals surface area contributed by atoms with Crippen LogP contribution in [0.4, 0.5) is 0 Å². The van der Waals surface area contributed by atoms with Crippen LogP contribution < -0.4 is 10.9 Å². The number of nitrogens with zero attached hydrogens (tertiary/aromatic N) is 1. The zero-order valence-electron chi connectivity index (χ0n) is 14.9. The topological polar surface area (TPSA) is 71.1 Å². The fourth-order valence-electron chi connectivity index (χ4n) is 3.51. The number of allylic oxidation sites excluding steroid dienone is 2. The van der Waals surface area contributed by atoms with Crippen LogP contribution in [0.1, 0.15) is 50.9 Å². The van der Waals surface area contributed by atoms with E-state index >= 15 is 0 Å². The predicted molar refractivity (Wildman–Crippen MR) is 94.1 cm³/mol. The minimum atomic E-state index is -0.231. The second-order valence-corrected chi connectivity index (χ2v) is 7.36. The first-order chi connectivity index (χ1) is 11.3. The lowest BCUT2D eigenvalue weighted by molar-refractivity contribution is -0.128. The van der Waals surface area contributed by atoms with Crippen LogP contribution in [0.15, 0.2) is 36.7 Å². The normalized spacial score (nSPS) is 23.5. The van der Waals surface area contributed by atoms with Crippen LogP contribution in [-0.2, 0) is 4.79 Å². The van der Waals surface area contributed by atoms with Crippen molar-refractivity contribution in [3.8, 4) is 0 Å². The highest BCUT2D eigenvalue weighted by atomic mass is 16.2. The zero-order chi connectivity index (χ0) is 17.7. The molecular weight excluding hydrogens is 302 g/mol. The molecule has 1 heterocycles. The second-order valence-electron chi connectivity index (χ2n) is 7.36. The van der Waals surface area contributed by atoms with E-state index in [1.807, 2.05) is 6.92 Å². The highest BCUT2D eigenvalue weighted by Gasteiger charge is 2.39. The molecule has 3 atom stereocenters. The first kappa shape index (κ1) is 18.3. The van der Waals surface area contributed by atoms with Gasteiger partial charge < -0.3 is 0 Å². The number of carbonyl (C=O) groups excluding carboxylic acids is 2. The number of hydrazine groups is 1. The Morgan fingerprint density at radius 2 is 2.00 bits per heavy atom. The van der Waals surface area contributed by atoms with E-state index in [0.717, 1.165) is 6.42 Å². The minimum absolute atomic E-state index is 0.0163. The standard InChI is InChI=1S/C19H27N3O2/c1-13-6-5-9-19(3,4)17(13)16(23)12-14(2)21-22-18(24)15-7-10-20-11-8-15/h5-8,10-11,13-14,17,21H,9,12H2,1-4H3,(H,22,24)/t13-,14-,17-/m1/s1. The van der Waals surface area contributed by atoms with Crippen molar-refractivity contribution in [3.05, 3.63) is 42.2 Å². The van der Waals surface area contributed by atoms with E-state index in [1.54, 1.807) is 24.5 Å². The van der Waals surface area contributed by atoms with Gasteiger partial charge in [-0.25, -0.2) is 5.43 Å². The summed E-state index contributed by atoms with van der Waals surface area (Å²) in [5.74, 6) is 0.281. The third kappa shape index (κ3) is 4.51. The summed E-state index contributed by atoms with van der Waals surface area (Å²) in [5.41, 5.74) is 6.10. The molecule has 1 aliphatic rings. The molecule has 0 unspecified atom stereocenters. The molecule has 0 bridgehead atoms. The molecule has 0 fully saturated rings. The molecule has 0 radical (unpaired) electrons. The van der Waals surface area contributed by atoms with Gasteiger partial charge in [-0.1, -0.05) is 32.9 Å². The Balaban J connectivity index is 1.88. The summed E-state index contributed by atoms with van der Waals surface area (Å²) in [7, 11) is 0. The van der Waals surface area contributed by atoms with E-state index in [0.29, 0.717) is 12.0 Å². The van der Waals surface area contributed by atoms with Crippen LogP contribution in [0.25, 0.3) is 0 Å². The molecule has 0 aliphatic heterocycles. The van der Waals surface area contributed by atoms with E-state index in [-0.39, 0.29) is 35.0 Å². The molecule has 5 heteroatoms. The van der Waals surface area contributed by atoms with E-state index in [9.17, 15) is 9.59 Å². The number of hydrogen-bond donors (Lipinski definition) is 2. The van der Waals surface area contributed by atoms with Crippen molar-refractivity contribution < 1.29 is 9.59 Å². The number of aromatic nitrogens is 1. The zero-order valence-corrected chi connectivity index (χ0v) is 14.9. The maximum absolute atomic E-state index is 12.8. The van der Waals surface area contributed by atoms with Crippen molar-refractivity contribution in [2.45, 2.75) is 46.6 Å². The number of pyridine rings is 1. The van der Waals surface area contributed by atoms with Crippen LogP contribution >= 0.6 is 0 Å². The number of ketones is 1. The van der Waals surface area contributed by atoms with Crippen LogP contribution in [0, 0.1) is 17.3 Å². The van der Waals surface area contributed by atoms with Crippen molar-refractivity contribution >= 4 is 11.7 Å². The summed E-state index contributed by atoms with van der Waals surface area (Å²) >= 11 is 0. The Morgan fingerprint density at radius 3 is 2.62 bits per heavy atom. The Bertz CT molecular complexity index is 610. The monoisotopic (exact) mass is 329 g/mol. The Morgan fingerprint density at radius 1 is 1.33 bits per heavy atom. The molecule has 1 aromatic heterocycles. The summed E-state index contributed by atoms with van der Waals surface area (Å²) in [6.45, 7) is 8.31. The maximum atomic E-state index is 12.8. The number of amides is 1. The molecule has 1 aliphatic carbocycles. The Kier molecular flexibility index (Phi) is 5.89. The van der Waals surface area contributed by atoms with Crippen LogP contribution in [0.2, 0.25) is 0 Å². The lowest BCUT2D eigenvalue weighted by atomic mass is 9.65. The lowest BCUT2D eigenvalue weighted by Crippen LogP contribution is -2.46. The SMILES string of the molecule is C[C@H](CC(=O)[C@H]1[C@H](C)C=CCC1(C)C)NNC(=O)c1ccncc1. The molecule has 0 saturated heterocycles. The van der Waals surface area contributed by atoms with Crippen LogP contribution in [0.5, 0.6) is 0 Å².